The third kappa shape index (κ3) is 2.82. The number of allylic oxidation sites excluding steroid dienone is 2. The number of thiazole rings is 1. The van der Waals surface area contributed by atoms with Crippen LogP contribution in [0.5, 0.6) is 0 Å². The van der Waals surface area contributed by atoms with Crippen molar-refractivity contribution in [1.29, 1.82) is 0 Å². The van der Waals surface area contributed by atoms with Gasteiger partial charge in [0.15, 0.2) is 0 Å². The fourth-order valence-electron chi connectivity index (χ4n) is 1.27. The Morgan fingerprint density at radius 2 is 2.23 bits per heavy atom. The summed E-state index contributed by atoms with van der Waals surface area (Å²) in [6.45, 7) is 4.00. The molecule has 0 radical (unpaired) electrons. The van der Waals surface area contributed by atoms with E-state index in [0.29, 0.717) is 5.15 Å². The van der Waals surface area contributed by atoms with Gasteiger partial charge in [-0.25, -0.2) is 4.98 Å². The molecular weight excluding hydrogens is 202 g/mol. The highest BCUT2D eigenvalue weighted by atomic mass is 35.5. The van der Waals surface area contributed by atoms with E-state index >= 15 is 0 Å². The lowest BCUT2D eigenvalue weighted by atomic mass is 10.2. The van der Waals surface area contributed by atoms with Crippen LogP contribution in [0.25, 0.3) is 5.57 Å². The second-order valence-electron chi connectivity index (χ2n) is 2.60. The Morgan fingerprint density at radius 3 is 2.69 bits per heavy atom. The summed E-state index contributed by atoms with van der Waals surface area (Å²) in [5.74, 6) is 0. The summed E-state index contributed by atoms with van der Waals surface area (Å²) in [5.41, 5.74) is 1.38. The molecule has 1 aliphatic rings. The predicted molar refractivity (Wildman–Crippen MR) is 60.3 cm³/mol. The molecule has 13 heavy (non-hydrogen) atoms. The molecule has 0 spiro atoms. The highest BCUT2D eigenvalue weighted by Crippen LogP contribution is 2.30. The van der Waals surface area contributed by atoms with E-state index < -0.39 is 0 Å². The number of rotatable bonds is 1. The zero-order valence-corrected chi connectivity index (χ0v) is 9.58. The van der Waals surface area contributed by atoms with E-state index in [1.54, 1.807) is 11.3 Å². The Morgan fingerprint density at radius 1 is 1.46 bits per heavy atom. The van der Waals surface area contributed by atoms with E-state index in [1.165, 1.54) is 24.8 Å². The molecule has 1 nitrogen and oxygen atoms in total. The maximum absolute atomic E-state index is 5.71. The van der Waals surface area contributed by atoms with Gasteiger partial charge in [-0.05, 0) is 24.8 Å². The zero-order valence-electron chi connectivity index (χ0n) is 8.01. The lowest BCUT2D eigenvalue weighted by Gasteiger charge is -1.91. The quantitative estimate of drug-likeness (QED) is 0.677. The largest absolute Gasteiger partial charge is 0.225 e. The number of hydrogen-bond donors (Lipinski definition) is 0. The van der Waals surface area contributed by atoms with E-state index in [-0.39, 0.29) is 0 Å². The molecule has 3 heteroatoms. The Hall–Kier alpha value is -0.340. The van der Waals surface area contributed by atoms with Gasteiger partial charge >= 0.3 is 0 Å². The fraction of sp³-hybridized carbons (Fsp3) is 0.500. The van der Waals surface area contributed by atoms with Crippen molar-refractivity contribution >= 4 is 28.5 Å². The minimum atomic E-state index is 0.623. The summed E-state index contributed by atoms with van der Waals surface area (Å²) < 4.78 is 0. The van der Waals surface area contributed by atoms with E-state index in [1.807, 2.05) is 19.2 Å². The fourth-order valence-corrected chi connectivity index (χ4v) is 2.28. The molecule has 0 fully saturated rings. The summed E-state index contributed by atoms with van der Waals surface area (Å²) >= 11 is 7.35. The van der Waals surface area contributed by atoms with Crippen molar-refractivity contribution in [2.75, 3.05) is 0 Å². The van der Waals surface area contributed by atoms with E-state index in [9.17, 15) is 0 Å². The predicted octanol–water partition coefficient (Wildman–Crippen LogP) is 4.39. The third-order valence-corrected chi connectivity index (χ3v) is 3.03. The maximum atomic E-state index is 5.71. The first-order valence-electron chi connectivity index (χ1n) is 4.67. The molecular formula is C10H14ClNS. The zero-order chi connectivity index (χ0) is 9.68. The molecule has 0 aliphatic heterocycles. The van der Waals surface area contributed by atoms with E-state index in [4.69, 9.17) is 11.6 Å². The Labute approximate surface area is 88.5 Å². The molecule has 0 saturated heterocycles. The molecule has 1 heterocycles. The summed E-state index contributed by atoms with van der Waals surface area (Å²) in [5, 5.41) is 3.61. The van der Waals surface area contributed by atoms with Crippen molar-refractivity contribution < 1.29 is 0 Å². The molecule has 0 amide bonds. The highest BCUT2D eigenvalue weighted by Gasteiger charge is 2.09. The van der Waals surface area contributed by atoms with Gasteiger partial charge in [0.1, 0.15) is 10.2 Å². The van der Waals surface area contributed by atoms with Crippen LogP contribution in [0.1, 0.15) is 38.1 Å². The highest BCUT2D eigenvalue weighted by molar-refractivity contribution is 7.11. The average Bonchev–Trinajstić information content (AvgIpc) is 2.77. The van der Waals surface area contributed by atoms with Crippen molar-refractivity contribution in [3.8, 4) is 0 Å². The van der Waals surface area contributed by atoms with Gasteiger partial charge in [0, 0.05) is 5.38 Å². The molecule has 0 unspecified atom stereocenters. The van der Waals surface area contributed by atoms with Gasteiger partial charge in [-0.3, -0.25) is 0 Å². The van der Waals surface area contributed by atoms with Crippen molar-refractivity contribution in [3.63, 3.8) is 0 Å². The van der Waals surface area contributed by atoms with Gasteiger partial charge in [-0.1, -0.05) is 31.5 Å². The van der Waals surface area contributed by atoms with Crippen LogP contribution in [-0.4, -0.2) is 4.98 Å². The van der Waals surface area contributed by atoms with Crippen molar-refractivity contribution in [1.82, 2.24) is 4.98 Å². The number of nitrogens with zero attached hydrogens (tertiary/aromatic N) is 1. The lowest BCUT2D eigenvalue weighted by molar-refractivity contribution is 0.934. The minimum Gasteiger partial charge on any atom is -0.225 e. The second kappa shape index (κ2) is 5.40. The monoisotopic (exact) mass is 215 g/mol. The van der Waals surface area contributed by atoms with E-state index in [2.05, 4.69) is 11.1 Å². The van der Waals surface area contributed by atoms with Crippen LogP contribution < -0.4 is 0 Å². The molecule has 1 aromatic heterocycles. The van der Waals surface area contributed by atoms with Crippen LogP contribution in [-0.2, 0) is 0 Å². The van der Waals surface area contributed by atoms with Crippen LogP contribution in [0.2, 0.25) is 5.15 Å². The first-order chi connectivity index (χ1) is 6.36. The molecule has 0 bridgehead atoms. The first kappa shape index (κ1) is 10.7. The van der Waals surface area contributed by atoms with Gasteiger partial charge in [-0.2, -0.15) is 0 Å². The second-order valence-corrected chi connectivity index (χ2v) is 3.84. The summed E-state index contributed by atoms with van der Waals surface area (Å²) in [4.78, 5) is 4.21. The van der Waals surface area contributed by atoms with Crippen molar-refractivity contribution in [2.45, 2.75) is 33.1 Å². The smallest absolute Gasteiger partial charge is 0.140 e. The van der Waals surface area contributed by atoms with Crippen LogP contribution in [0.4, 0.5) is 0 Å². The number of hydrogen-bond acceptors (Lipinski definition) is 2. The Kier molecular flexibility index (Phi) is 4.46. The first-order valence-corrected chi connectivity index (χ1v) is 5.92. The maximum Gasteiger partial charge on any atom is 0.140 e. The molecule has 1 aromatic rings. The SMILES string of the molecule is CC.Clc1csc(C2=CCCC2)n1. The van der Waals surface area contributed by atoms with Crippen LogP contribution in [0, 0.1) is 0 Å². The van der Waals surface area contributed by atoms with Gasteiger partial charge in [-0.15, -0.1) is 11.3 Å². The Balaban J connectivity index is 0.000000396. The van der Waals surface area contributed by atoms with Crippen molar-refractivity contribution in [3.05, 3.63) is 21.6 Å². The van der Waals surface area contributed by atoms with Gasteiger partial charge in [0.25, 0.3) is 0 Å². The summed E-state index contributed by atoms with van der Waals surface area (Å²) in [6.07, 6.45) is 5.90. The number of aromatic nitrogens is 1. The molecule has 72 valence electrons. The van der Waals surface area contributed by atoms with Crippen molar-refractivity contribution in [2.24, 2.45) is 0 Å². The molecule has 1 aliphatic carbocycles. The molecule has 0 atom stereocenters. The lowest BCUT2D eigenvalue weighted by Crippen LogP contribution is -1.76. The van der Waals surface area contributed by atoms with Crippen LogP contribution in [0.15, 0.2) is 11.5 Å². The van der Waals surface area contributed by atoms with Gasteiger partial charge in [0.05, 0.1) is 0 Å². The topological polar surface area (TPSA) is 12.9 Å². The molecule has 0 N–H and O–H groups in total. The van der Waals surface area contributed by atoms with Crippen LogP contribution in [0.3, 0.4) is 0 Å². The summed E-state index contributed by atoms with van der Waals surface area (Å²) in [7, 11) is 0. The summed E-state index contributed by atoms with van der Waals surface area (Å²) in [6, 6.07) is 0. The number of halogens is 1. The minimum absolute atomic E-state index is 0.623. The van der Waals surface area contributed by atoms with Gasteiger partial charge < -0.3 is 0 Å². The van der Waals surface area contributed by atoms with E-state index in [0.717, 1.165) is 5.01 Å². The molecule has 0 saturated carbocycles. The normalized spacial score (nSPS) is 14.8. The molecule has 0 aromatic carbocycles. The molecule has 2 rings (SSSR count). The standard InChI is InChI=1S/C8H8ClNS.C2H6/c9-7-5-11-8(10-7)6-3-1-2-4-6;1-2/h3,5H,1-2,4H2;1-2H3. The Bertz CT molecular complexity index is 291. The van der Waals surface area contributed by atoms with Crippen LogP contribution >= 0.6 is 22.9 Å². The average molecular weight is 216 g/mol. The van der Waals surface area contributed by atoms with Gasteiger partial charge in [0.2, 0.25) is 0 Å². The third-order valence-electron chi connectivity index (χ3n) is 1.79.